The van der Waals surface area contributed by atoms with Gasteiger partial charge in [0.25, 0.3) is 5.91 Å². The van der Waals surface area contributed by atoms with Crippen LogP contribution in [0.15, 0.2) is 12.7 Å². The van der Waals surface area contributed by atoms with Gasteiger partial charge >= 0.3 is 18.1 Å². The second-order valence-corrected chi connectivity index (χ2v) is 6.82. The van der Waals surface area contributed by atoms with E-state index in [4.69, 9.17) is 20.4 Å². The van der Waals surface area contributed by atoms with Gasteiger partial charge in [-0.15, -0.1) is 6.58 Å². The molecular weight excluding hydrogens is 369 g/mol. The number of ether oxygens (including phenoxy) is 1. The van der Waals surface area contributed by atoms with Gasteiger partial charge in [0.05, 0.1) is 0 Å². The molecule has 7 nitrogen and oxygen atoms in total. The van der Waals surface area contributed by atoms with Crippen molar-refractivity contribution in [2.24, 2.45) is 23.5 Å². The van der Waals surface area contributed by atoms with E-state index in [1.807, 2.05) is 13.8 Å². The largest absolute Gasteiger partial charge is 0.490 e. The van der Waals surface area contributed by atoms with Crippen LogP contribution in [-0.4, -0.2) is 47.3 Å². The average molecular weight is 394 g/mol. The van der Waals surface area contributed by atoms with Gasteiger partial charge in [-0.2, -0.15) is 13.2 Å². The van der Waals surface area contributed by atoms with E-state index >= 15 is 0 Å². The minimum atomic E-state index is -5.08. The zero-order chi connectivity index (χ0) is 20.9. The average Bonchev–Trinajstić information content (AvgIpc) is 3.28. The molecule has 0 aromatic carbocycles. The molecule has 1 saturated carbocycles. The molecule has 1 saturated heterocycles. The number of amides is 1. The first kappa shape index (κ1) is 22.9. The van der Waals surface area contributed by atoms with Crippen LogP contribution in [-0.2, 0) is 19.1 Å². The summed E-state index contributed by atoms with van der Waals surface area (Å²) in [5.74, 6) is -2.85. The molecule has 1 aliphatic carbocycles. The zero-order valence-corrected chi connectivity index (χ0v) is 15.2. The smallest absolute Gasteiger partial charge is 0.475 e. The van der Waals surface area contributed by atoms with Crippen LogP contribution in [0.5, 0.6) is 0 Å². The van der Waals surface area contributed by atoms with E-state index in [2.05, 4.69) is 11.9 Å². The first-order valence-electron chi connectivity index (χ1n) is 8.61. The van der Waals surface area contributed by atoms with Crippen molar-refractivity contribution >= 4 is 17.8 Å². The molecule has 0 bridgehead atoms. The van der Waals surface area contributed by atoms with Crippen LogP contribution in [0.4, 0.5) is 13.2 Å². The third-order valence-corrected chi connectivity index (χ3v) is 4.73. The molecule has 0 aromatic rings. The molecule has 1 heterocycles. The highest BCUT2D eigenvalue weighted by molar-refractivity contribution is 5.94. The Morgan fingerprint density at radius 3 is 2.44 bits per heavy atom. The fourth-order valence-corrected chi connectivity index (χ4v) is 2.73. The van der Waals surface area contributed by atoms with Gasteiger partial charge in [-0.1, -0.05) is 26.3 Å². The molecule has 2 fully saturated rings. The zero-order valence-electron chi connectivity index (χ0n) is 15.2. The molecule has 154 valence electrons. The summed E-state index contributed by atoms with van der Waals surface area (Å²) < 4.78 is 36.7. The van der Waals surface area contributed by atoms with E-state index in [9.17, 15) is 22.8 Å². The van der Waals surface area contributed by atoms with Crippen molar-refractivity contribution in [2.45, 2.75) is 57.5 Å². The minimum Gasteiger partial charge on any atom is -0.475 e. The van der Waals surface area contributed by atoms with Crippen molar-refractivity contribution in [1.82, 2.24) is 5.32 Å². The fourth-order valence-electron chi connectivity index (χ4n) is 2.73. The lowest BCUT2D eigenvalue weighted by atomic mass is 9.83. The van der Waals surface area contributed by atoms with E-state index in [1.54, 1.807) is 6.08 Å². The van der Waals surface area contributed by atoms with Gasteiger partial charge in [0, 0.05) is 12.1 Å². The summed E-state index contributed by atoms with van der Waals surface area (Å²) in [6.45, 7) is 7.65. The third-order valence-electron chi connectivity index (χ3n) is 4.73. The van der Waals surface area contributed by atoms with Crippen molar-refractivity contribution in [2.75, 3.05) is 0 Å². The number of carbonyl (C=O) groups excluding carboxylic acids is 2. The first-order valence-corrected chi connectivity index (χ1v) is 8.61. The van der Waals surface area contributed by atoms with E-state index in [0.717, 1.165) is 19.3 Å². The Bertz CT molecular complexity index is 581. The number of cyclic esters (lactones) is 1. The van der Waals surface area contributed by atoms with Crippen molar-refractivity contribution in [3.05, 3.63) is 12.7 Å². The maximum atomic E-state index is 12.1. The summed E-state index contributed by atoms with van der Waals surface area (Å²) >= 11 is 0. The summed E-state index contributed by atoms with van der Waals surface area (Å²) in [7, 11) is 0. The van der Waals surface area contributed by atoms with Gasteiger partial charge in [-0.25, -0.2) is 4.79 Å². The molecule has 10 heteroatoms. The van der Waals surface area contributed by atoms with E-state index < -0.39 is 18.2 Å². The number of nitrogens with two attached hydrogens (primary N) is 1. The number of aliphatic carboxylic acids is 1. The number of esters is 1. The van der Waals surface area contributed by atoms with E-state index in [-0.39, 0.29) is 35.8 Å². The van der Waals surface area contributed by atoms with Crippen LogP contribution in [0.1, 0.15) is 33.1 Å². The monoisotopic (exact) mass is 394 g/mol. The standard InChI is InChI=1S/C15H24N2O3.C2HF3O2/c1-4-8(3)12-13(20-15(12)19)14(18)17-11-7-9(11)6-10(16)5-2;3-2(4,5)1(6)7/h5,8-13H,2,4,6-7,16H2,1,3H3,(H,17,18);(H,6,7)/t8-,9+,10+,11-,12-,13+;/m0./s1. The maximum absolute atomic E-state index is 12.1. The quantitative estimate of drug-likeness (QED) is 0.446. The van der Waals surface area contributed by atoms with E-state index in [0.29, 0.717) is 5.92 Å². The topological polar surface area (TPSA) is 119 Å². The van der Waals surface area contributed by atoms with Gasteiger partial charge in [0.15, 0.2) is 6.10 Å². The molecular formula is C17H25F3N2O5. The highest BCUT2D eigenvalue weighted by atomic mass is 19.4. The molecule has 1 amide bonds. The second-order valence-electron chi connectivity index (χ2n) is 6.82. The highest BCUT2D eigenvalue weighted by Crippen LogP contribution is 2.36. The van der Waals surface area contributed by atoms with Crippen LogP contribution in [0.3, 0.4) is 0 Å². The van der Waals surface area contributed by atoms with Crippen molar-refractivity contribution < 1.29 is 37.4 Å². The normalized spacial score (nSPS) is 28.4. The Hall–Kier alpha value is -2.10. The van der Waals surface area contributed by atoms with Crippen LogP contribution < -0.4 is 11.1 Å². The number of hydrogen-bond donors (Lipinski definition) is 3. The molecule has 2 aliphatic rings. The molecule has 6 atom stereocenters. The number of carboxylic acids is 1. The summed E-state index contributed by atoms with van der Waals surface area (Å²) in [6.07, 6.45) is -1.31. The lowest BCUT2D eigenvalue weighted by Crippen LogP contribution is -2.56. The minimum absolute atomic E-state index is 0.0173. The van der Waals surface area contributed by atoms with Gasteiger partial charge in [-0.05, 0) is 24.7 Å². The maximum Gasteiger partial charge on any atom is 0.490 e. The summed E-state index contributed by atoms with van der Waals surface area (Å²) in [5, 5.41) is 10.1. The predicted octanol–water partition coefficient (Wildman–Crippen LogP) is 1.62. The predicted molar refractivity (Wildman–Crippen MR) is 89.3 cm³/mol. The van der Waals surface area contributed by atoms with Crippen LogP contribution in [0.2, 0.25) is 0 Å². The number of rotatable bonds is 7. The van der Waals surface area contributed by atoms with Crippen LogP contribution in [0.25, 0.3) is 0 Å². The fraction of sp³-hybridized carbons (Fsp3) is 0.706. The number of carbonyl (C=O) groups is 3. The molecule has 2 rings (SSSR count). The van der Waals surface area contributed by atoms with Gasteiger partial charge in [0.2, 0.25) is 0 Å². The molecule has 0 unspecified atom stereocenters. The molecule has 4 N–H and O–H groups in total. The Morgan fingerprint density at radius 2 is 2.04 bits per heavy atom. The molecule has 0 aromatic heterocycles. The van der Waals surface area contributed by atoms with Crippen LogP contribution in [0, 0.1) is 17.8 Å². The highest BCUT2D eigenvalue weighted by Gasteiger charge is 2.51. The van der Waals surface area contributed by atoms with Gasteiger partial charge in [-0.3, -0.25) is 9.59 Å². The van der Waals surface area contributed by atoms with Gasteiger partial charge in [0.1, 0.15) is 5.92 Å². The van der Waals surface area contributed by atoms with Crippen molar-refractivity contribution in [3.63, 3.8) is 0 Å². The lowest BCUT2D eigenvalue weighted by molar-refractivity contribution is -0.193. The van der Waals surface area contributed by atoms with Crippen molar-refractivity contribution in [3.8, 4) is 0 Å². The number of hydrogen-bond acceptors (Lipinski definition) is 5. The Balaban J connectivity index is 0.000000445. The number of halogens is 3. The Labute approximate surface area is 155 Å². The Kier molecular flexibility index (Phi) is 7.82. The molecule has 1 aliphatic heterocycles. The molecule has 0 spiro atoms. The molecule has 0 radical (unpaired) electrons. The van der Waals surface area contributed by atoms with Gasteiger partial charge < -0.3 is 20.9 Å². The summed E-state index contributed by atoms with van der Waals surface area (Å²) in [5.41, 5.74) is 5.80. The van der Waals surface area contributed by atoms with E-state index in [1.165, 1.54) is 0 Å². The third kappa shape index (κ3) is 6.53. The summed E-state index contributed by atoms with van der Waals surface area (Å²) in [6, 6.07) is 0.154. The lowest BCUT2D eigenvalue weighted by Gasteiger charge is -2.37. The summed E-state index contributed by atoms with van der Waals surface area (Å²) in [4.78, 5) is 32.5. The van der Waals surface area contributed by atoms with Crippen molar-refractivity contribution in [1.29, 1.82) is 0 Å². The number of nitrogens with one attached hydrogen (secondary N) is 1. The Morgan fingerprint density at radius 1 is 1.48 bits per heavy atom. The SMILES string of the molecule is C=C[C@@H](N)C[C@@H]1C[C@@H]1NC(=O)[C@@H]1OC(=O)[C@H]1[C@@H](C)CC.O=C(O)C(F)(F)F. The number of alkyl halides is 3. The first-order chi connectivity index (χ1) is 12.4. The second kappa shape index (κ2) is 9.20. The van der Waals surface area contributed by atoms with Crippen LogP contribution >= 0.6 is 0 Å². The number of carboxylic acid groups (broad SMARTS) is 1. The molecule has 27 heavy (non-hydrogen) atoms.